The maximum absolute atomic E-state index is 12.1. The number of carbonyl (C=O) groups is 3. The number of carboxylic acids is 1. The van der Waals surface area contributed by atoms with Crippen molar-refractivity contribution in [3.63, 3.8) is 0 Å². The fourth-order valence-corrected chi connectivity index (χ4v) is 3.64. The minimum Gasteiger partial charge on any atom is -0.477 e. The van der Waals surface area contributed by atoms with Crippen molar-refractivity contribution in [2.75, 3.05) is 12.4 Å². The molecule has 0 radical (unpaired) electrons. The van der Waals surface area contributed by atoms with Crippen molar-refractivity contribution in [3.05, 3.63) is 31.8 Å². The molecule has 1 saturated heterocycles. The molecule has 13 heteroatoms. The first-order valence-corrected chi connectivity index (χ1v) is 7.07. The highest BCUT2D eigenvalue weighted by Crippen LogP contribution is 2.48. The van der Waals surface area contributed by atoms with E-state index in [0.717, 1.165) is 18.7 Å². The van der Waals surface area contributed by atoms with E-state index in [1.807, 2.05) is 0 Å². The molecule has 0 spiro atoms. The molecule has 1 N–H and O–H groups in total. The van der Waals surface area contributed by atoms with E-state index < -0.39 is 39.5 Å². The number of fused-ring (bicyclic) bond motifs is 1. The van der Waals surface area contributed by atoms with Crippen molar-refractivity contribution in [2.45, 2.75) is 18.0 Å². The second-order valence-corrected chi connectivity index (χ2v) is 5.62. The molecule has 0 aromatic rings. The lowest BCUT2D eigenvalue weighted by atomic mass is 9.97. The van der Waals surface area contributed by atoms with E-state index in [4.69, 9.17) is 10.3 Å². The summed E-state index contributed by atoms with van der Waals surface area (Å²) in [4.78, 5) is 47.6. The van der Waals surface area contributed by atoms with Crippen LogP contribution in [0.5, 0.6) is 0 Å². The molecule has 122 valence electrons. The zero-order chi connectivity index (χ0) is 17.4. The summed E-state index contributed by atoms with van der Waals surface area (Å²) in [7, 11) is 0. The molecule has 1 amide bonds. The molecule has 0 aromatic heterocycles. The van der Waals surface area contributed by atoms with Gasteiger partial charge >= 0.3 is 23.5 Å². The third-order valence-electron chi connectivity index (χ3n) is 3.23. The molecular formula is C10H9N5O7S. The Bertz CT molecular complexity index is 696. The molecule has 2 atom stereocenters. The molecule has 0 aromatic carbocycles. The molecule has 12 nitrogen and oxygen atoms in total. The summed E-state index contributed by atoms with van der Waals surface area (Å²) in [5.74, 6) is -3.41. The number of rotatable bonds is 5. The van der Waals surface area contributed by atoms with Gasteiger partial charge in [0.05, 0.1) is 0 Å². The number of β-lactam (4-membered cyclic amide) rings is 1. The first kappa shape index (κ1) is 16.6. The second-order valence-electron chi connectivity index (χ2n) is 4.55. The molecule has 0 saturated carbocycles. The molecule has 1 unspecified atom stereocenters. The van der Waals surface area contributed by atoms with E-state index in [1.54, 1.807) is 0 Å². The minimum atomic E-state index is -2.56. The van der Waals surface area contributed by atoms with Crippen molar-refractivity contribution < 1.29 is 29.2 Å². The van der Waals surface area contributed by atoms with Crippen molar-refractivity contribution in [1.29, 1.82) is 0 Å². The molecule has 0 aliphatic carbocycles. The summed E-state index contributed by atoms with van der Waals surface area (Å²) in [6.45, 7) is 0.779. The van der Waals surface area contributed by atoms with Crippen LogP contribution in [-0.2, 0) is 19.1 Å². The standard InChI is InChI=1S/C10H9N5O7S/c1-4(16)22-2-5-3-23-9-10(12-13-11,15(20)21)8(19)14(9)6(5)7(17)18/h9H,2-3H2,1H3,(H,17,18)/t9-,10?/m1/s1. The number of nitrogens with zero attached hydrogens (tertiary/aromatic N) is 5. The van der Waals surface area contributed by atoms with Crippen LogP contribution in [0.25, 0.3) is 10.4 Å². The van der Waals surface area contributed by atoms with Crippen LogP contribution in [0.1, 0.15) is 6.92 Å². The second kappa shape index (κ2) is 5.78. The zero-order valence-electron chi connectivity index (χ0n) is 11.5. The SMILES string of the molecule is CC(=O)OCC1=C(C(=O)O)N2C(=O)C(N=[N+]=[N-])([N+](=O)[O-])[C@H]2SC1. The largest absolute Gasteiger partial charge is 0.477 e. The highest BCUT2D eigenvalue weighted by atomic mass is 32.2. The average molecular weight is 343 g/mol. The van der Waals surface area contributed by atoms with Crippen molar-refractivity contribution in [1.82, 2.24) is 4.90 Å². The third kappa shape index (κ3) is 2.35. The number of ether oxygens (including phenoxy) is 1. The number of aliphatic carboxylic acids is 1. The van der Waals surface area contributed by atoms with Crippen LogP contribution >= 0.6 is 11.8 Å². The third-order valence-corrected chi connectivity index (χ3v) is 4.60. The summed E-state index contributed by atoms with van der Waals surface area (Å²) < 4.78 is 4.72. The van der Waals surface area contributed by atoms with Gasteiger partial charge in [-0.05, 0) is 5.53 Å². The minimum absolute atomic E-state index is 0.0279. The van der Waals surface area contributed by atoms with E-state index in [0.29, 0.717) is 4.90 Å². The van der Waals surface area contributed by atoms with Gasteiger partial charge in [-0.3, -0.25) is 24.6 Å². The Labute approximate surface area is 131 Å². The van der Waals surface area contributed by atoms with Gasteiger partial charge in [-0.2, -0.15) is 0 Å². The smallest absolute Gasteiger partial charge is 0.407 e. The van der Waals surface area contributed by atoms with Gasteiger partial charge in [0.25, 0.3) is 0 Å². The monoisotopic (exact) mass is 343 g/mol. The number of hydrogen-bond acceptors (Lipinski definition) is 8. The number of amides is 1. The van der Waals surface area contributed by atoms with Crippen LogP contribution in [0.3, 0.4) is 0 Å². The maximum atomic E-state index is 12.1. The van der Waals surface area contributed by atoms with Gasteiger partial charge in [-0.15, -0.1) is 11.8 Å². The molecule has 1 fully saturated rings. The first-order valence-electron chi connectivity index (χ1n) is 6.02. The van der Waals surface area contributed by atoms with Crippen LogP contribution in [0.15, 0.2) is 16.4 Å². The number of carboxylic acid groups (broad SMARTS) is 1. The van der Waals surface area contributed by atoms with E-state index in [-0.39, 0.29) is 17.9 Å². The number of azide groups is 1. The summed E-state index contributed by atoms with van der Waals surface area (Å²) in [6, 6.07) is 0. The predicted molar refractivity (Wildman–Crippen MR) is 73.3 cm³/mol. The van der Waals surface area contributed by atoms with Gasteiger partial charge in [0.2, 0.25) is 0 Å². The van der Waals surface area contributed by atoms with Crippen LogP contribution < -0.4 is 0 Å². The Morgan fingerprint density at radius 2 is 2.35 bits per heavy atom. The van der Waals surface area contributed by atoms with E-state index in [9.17, 15) is 29.6 Å². The molecule has 2 rings (SSSR count). The lowest BCUT2D eigenvalue weighted by Gasteiger charge is -2.48. The highest BCUT2D eigenvalue weighted by Gasteiger charge is 2.74. The zero-order valence-corrected chi connectivity index (χ0v) is 12.3. The lowest BCUT2D eigenvalue weighted by molar-refractivity contribution is -0.566. The summed E-state index contributed by atoms with van der Waals surface area (Å²) in [6.07, 6.45) is 0. The van der Waals surface area contributed by atoms with Gasteiger partial charge in [-0.25, -0.2) is 4.79 Å². The van der Waals surface area contributed by atoms with Gasteiger partial charge in [0.15, 0.2) is 5.37 Å². The fraction of sp³-hybridized carbons (Fsp3) is 0.500. The summed E-state index contributed by atoms with van der Waals surface area (Å²) in [5.41, 5.74) is 5.55. The normalized spacial score (nSPS) is 25.9. The molecule has 0 bridgehead atoms. The van der Waals surface area contributed by atoms with Gasteiger partial charge in [0.1, 0.15) is 12.3 Å². The van der Waals surface area contributed by atoms with E-state index in [2.05, 4.69) is 10.0 Å². The topological polar surface area (TPSA) is 176 Å². The highest BCUT2D eigenvalue weighted by molar-refractivity contribution is 8.00. The molecule has 2 aliphatic heterocycles. The Hall–Kier alpha value is -2.79. The molecule has 23 heavy (non-hydrogen) atoms. The van der Waals surface area contributed by atoms with Gasteiger partial charge < -0.3 is 9.84 Å². The summed E-state index contributed by atoms with van der Waals surface area (Å²) >= 11 is 0.859. The van der Waals surface area contributed by atoms with Crippen molar-refractivity contribution in [2.24, 2.45) is 5.11 Å². The average Bonchev–Trinajstić information content (AvgIpc) is 2.48. The van der Waals surface area contributed by atoms with Gasteiger partial charge in [0, 0.05) is 33.2 Å². The number of esters is 1. The quantitative estimate of drug-likeness (QED) is 0.139. The number of thioether (sulfide) groups is 1. The number of nitro groups is 1. The maximum Gasteiger partial charge on any atom is 0.407 e. The van der Waals surface area contributed by atoms with Crippen LogP contribution in [0.4, 0.5) is 0 Å². The fourth-order valence-electron chi connectivity index (χ4n) is 2.25. The van der Waals surface area contributed by atoms with Crippen molar-refractivity contribution in [3.8, 4) is 0 Å². The van der Waals surface area contributed by atoms with Crippen LogP contribution in [0.2, 0.25) is 0 Å². The Morgan fingerprint density at radius 3 is 2.83 bits per heavy atom. The summed E-state index contributed by atoms with van der Waals surface area (Å²) in [5, 5.41) is 22.2. The van der Waals surface area contributed by atoms with Gasteiger partial charge in [-0.1, -0.05) is 0 Å². The Kier molecular flexibility index (Phi) is 4.16. The number of hydrogen-bond donors (Lipinski definition) is 1. The van der Waals surface area contributed by atoms with E-state index in [1.165, 1.54) is 0 Å². The lowest BCUT2D eigenvalue weighted by Crippen LogP contribution is -2.75. The predicted octanol–water partition coefficient (Wildman–Crippen LogP) is 0.0866. The Morgan fingerprint density at radius 1 is 1.70 bits per heavy atom. The van der Waals surface area contributed by atoms with Crippen LogP contribution in [-0.4, -0.2) is 56.2 Å². The van der Waals surface area contributed by atoms with E-state index >= 15 is 0 Å². The number of carbonyl (C=O) groups excluding carboxylic acids is 2. The first-order chi connectivity index (χ1) is 10.8. The molecule has 2 heterocycles. The van der Waals surface area contributed by atoms with Crippen molar-refractivity contribution >= 4 is 29.6 Å². The Balaban J connectivity index is 2.44. The molecule has 2 aliphatic rings. The molecular weight excluding hydrogens is 334 g/mol. The van der Waals surface area contributed by atoms with Crippen LogP contribution in [0, 0.1) is 10.1 Å².